The lowest BCUT2D eigenvalue weighted by Gasteiger charge is -2.32. The van der Waals surface area contributed by atoms with Crippen LogP contribution >= 0.6 is 23.2 Å². The SMILES string of the molecule is CCCCCCN(C(=O)C(Cl)Cl)C(CC)c1nc2ccccc2c(=O)n1C. The Balaban J connectivity index is 2.46. The molecule has 148 valence electrons. The molecule has 2 aromatic rings. The molecule has 2 rings (SSSR count). The zero-order chi connectivity index (χ0) is 20.0. The van der Waals surface area contributed by atoms with Gasteiger partial charge in [-0.25, -0.2) is 4.98 Å². The molecule has 0 aliphatic rings. The van der Waals surface area contributed by atoms with Crippen LogP contribution in [-0.2, 0) is 11.8 Å². The highest BCUT2D eigenvalue weighted by Crippen LogP contribution is 2.26. The van der Waals surface area contributed by atoms with Crippen LogP contribution in [0.1, 0.15) is 57.8 Å². The van der Waals surface area contributed by atoms with Gasteiger partial charge in [0.2, 0.25) is 0 Å². The molecule has 1 aromatic heterocycles. The predicted molar refractivity (Wildman–Crippen MR) is 111 cm³/mol. The van der Waals surface area contributed by atoms with Crippen LogP contribution in [0.3, 0.4) is 0 Å². The lowest BCUT2D eigenvalue weighted by atomic mass is 10.1. The number of hydrogen-bond donors (Lipinski definition) is 0. The molecule has 7 heteroatoms. The number of carbonyl (C=O) groups excluding carboxylic acids is 1. The van der Waals surface area contributed by atoms with E-state index in [0.29, 0.717) is 29.7 Å². The van der Waals surface area contributed by atoms with Gasteiger partial charge in [-0.3, -0.25) is 14.2 Å². The highest BCUT2D eigenvalue weighted by molar-refractivity contribution is 6.53. The standard InChI is InChI=1S/C20H27Cl2N3O2/c1-4-6-7-10-13-25(20(27)17(21)22)16(5-2)18-23-15-12-9-8-11-14(15)19(26)24(18)3/h8-9,11-12,16-17H,4-7,10,13H2,1-3H3. The van der Waals surface area contributed by atoms with E-state index in [-0.39, 0.29) is 17.5 Å². The number of benzene rings is 1. The topological polar surface area (TPSA) is 55.2 Å². The summed E-state index contributed by atoms with van der Waals surface area (Å²) < 4.78 is 1.53. The van der Waals surface area contributed by atoms with Gasteiger partial charge in [-0.05, 0) is 25.0 Å². The molecule has 1 amide bonds. The summed E-state index contributed by atoms with van der Waals surface area (Å²) in [4.78, 5) is 30.7. The van der Waals surface area contributed by atoms with Gasteiger partial charge in [0.1, 0.15) is 5.82 Å². The van der Waals surface area contributed by atoms with Gasteiger partial charge in [0.05, 0.1) is 16.9 Å². The number of para-hydroxylation sites is 1. The van der Waals surface area contributed by atoms with Gasteiger partial charge in [-0.15, -0.1) is 0 Å². The van der Waals surface area contributed by atoms with Gasteiger partial charge in [0.25, 0.3) is 11.5 Å². The fraction of sp³-hybridized carbons (Fsp3) is 0.550. The van der Waals surface area contributed by atoms with Crippen LogP contribution in [0.25, 0.3) is 10.9 Å². The molecule has 5 nitrogen and oxygen atoms in total. The average molecular weight is 412 g/mol. The molecule has 0 fully saturated rings. The van der Waals surface area contributed by atoms with Crippen LogP contribution in [0.15, 0.2) is 29.1 Å². The highest BCUT2D eigenvalue weighted by atomic mass is 35.5. The fourth-order valence-corrected chi connectivity index (χ4v) is 3.58. The Bertz CT molecular complexity index is 836. The first-order valence-corrected chi connectivity index (χ1v) is 10.3. The molecular weight excluding hydrogens is 385 g/mol. The van der Waals surface area contributed by atoms with E-state index >= 15 is 0 Å². The summed E-state index contributed by atoms with van der Waals surface area (Å²) in [6, 6.07) is 6.88. The number of carbonyl (C=O) groups is 1. The summed E-state index contributed by atoms with van der Waals surface area (Å²) >= 11 is 11.8. The summed E-state index contributed by atoms with van der Waals surface area (Å²) in [6.07, 6.45) is 4.71. The summed E-state index contributed by atoms with van der Waals surface area (Å²) in [7, 11) is 1.69. The Morgan fingerprint density at radius 3 is 2.52 bits per heavy atom. The minimum absolute atomic E-state index is 0.124. The number of aromatic nitrogens is 2. The Morgan fingerprint density at radius 1 is 1.19 bits per heavy atom. The molecule has 1 heterocycles. The van der Waals surface area contributed by atoms with Crippen molar-refractivity contribution in [3.63, 3.8) is 0 Å². The summed E-state index contributed by atoms with van der Waals surface area (Å²) in [6.45, 7) is 4.64. The molecule has 0 spiro atoms. The molecule has 0 radical (unpaired) electrons. The van der Waals surface area contributed by atoms with Crippen LogP contribution in [-0.4, -0.2) is 31.7 Å². The lowest BCUT2D eigenvalue weighted by molar-refractivity contribution is -0.132. The normalized spacial score (nSPS) is 12.5. The molecular formula is C20H27Cl2N3O2. The Hall–Kier alpha value is -1.59. The number of hydrogen-bond acceptors (Lipinski definition) is 3. The number of alkyl halides is 2. The number of nitrogens with zero attached hydrogens (tertiary/aromatic N) is 3. The second kappa shape index (κ2) is 10.1. The highest BCUT2D eigenvalue weighted by Gasteiger charge is 2.30. The summed E-state index contributed by atoms with van der Waals surface area (Å²) in [5, 5.41) is 0.562. The van der Waals surface area contributed by atoms with Gasteiger partial charge < -0.3 is 4.90 Å². The second-order valence-corrected chi connectivity index (χ2v) is 7.76. The Kier molecular flexibility index (Phi) is 8.11. The first kappa shape index (κ1) is 21.7. The molecule has 0 aliphatic heterocycles. The molecule has 0 N–H and O–H groups in total. The van der Waals surface area contributed by atoms with E-state index in [1.165, 1.54) is 4.57 Å². The Labute approximate surface area is 170 Å². The number of rotatable bonds is 9. The maximum Gasteiger partial charge on any atom is 0.261 e. The zero-order valence-corrected chi connectivity index (χ0v) is 17.6. The van der Waals surface area contributed by atoms with Crippen molar-refractivity contribution in [2.75, 3.05) is 6.54 Å². The van der Waals surface area contributed by atoms with Crippen molar-refractivity contribution in [1.82, 2.24) is 14.5 Å². The minimum Gasteiger partial charge on any atom is -0.330 e. The molecule has 0 aliphatic carbocycles. The number of amides is 1. The van der Waals surface area contributed by atoms with Gasteiger partial charge in [-0.1, -0.05) is 68.4 Å². The summed E-state index contributed by atoms with van der Waals surface area (Å²) in [5.74, 6) is 0.211. The number of unbranched alkanes of at least 4 members (excludes halogenated alkanes) is 3. The van der Waals surface area contributed by atoms with Crippen LogP contribution in [0.4, 0.5) is 0 Å². The first-order valence-electron chi connectivity index (χ1n) is 9.46. The molecule has 1 unspecified atom stereocenters. The van der Waals surface area contributed by atoms with E-state index in [9.17, 15) is 9.59 Å². The second-order valence-electron chi connectivity index (χ2n) is 6.67. The third kappa shape index (κ3) is 5.02. The molecule has 27 heavy (non-hydrogen) atoms. The van der Waals surface area contributed by atoms with Crippen molar-refractivity contribution in [1.29, 1.82) is 0 Å². The van der Waals surface area contributed by atoms with Gasteiger partial charge in [0.15, 0.2) is 4.84 Å². The van der Waals surface area contributed by atoms with Gasteiger partial charge >= 0.3 is 0 Å². The average Bonchev–Trinajstić information content (AvgIpc) is 2.67. The summed E-state index contributed by atoms with van der Waals surface area (Å²) in [5.41, 5.74) is 0.501. The van der Waals surface area contributed by atoms with Crippen molar-refractivity contribution in [2.45, 2.75) is 56.8 Å². The van der Waals surface area contributed by atoms with E-state index in [2.05, 4.69) is 6.92 Å². The predicted octanol–water partition coefficient (Wildman–Crippen LogP) is 4.60. The smallest absolute Gasteiger partial charge is 0.261 e. The third-order valence-electron chi connectivity index (χ3n) is 4.80. The van der Waals surface area contributed by atoms with Crippen LogP contribution in [0.2, 0.25) is 0 Å². The maximum absolute atomic E-state index is 12.8. The Morgan fingerprint density at radius 2 is 1.89 bits per heavy atom. The molecule has 0 saturated carbocycles. The molecule has 1 atom stereocenters. The lowest BCUT2D eigenvalue weighted by Crippen LogP contribution is -2.41. The van der Waals surface area contributed by atoms with E-state index < -0.39 is 4.84 Å². The van der Waals surface area contributed by atoms with E-state index in [1.54, 1.807) is 18.0 Å². The molecule has 0 bridgehead atoms. The minimum atomic E-state index is -1.14. The molecule has 1 aromatic carbocycles. The maximum atomic E-state index is 12.8. The van der Waals surface area contributed by atoms with Crippen molar-refractivity contribution in [3.8, 4) is 0 Å². The number of fused-ring (bicyclic) bond motifs is 1. The largest absolute Gasteiger partial charge is 0.330 e. The van der Waals surface area contributed by atoms with E-state index in [4.69, 9.17) is 28.2 Å². The van der Waals surface area contributed by atoms with Crippen molar-refractivity contribution in [2.24, 2.45) is 7.05 Å². The van der Waals surface area contributed by atoms with Crippen molar-refractivity contribution in [3.05, 3.63) is 40.4 Å². The van der Waals surface area contributed by atoms with Crippen LogP contribution in [0, 0.1) is 0 Å². The number of halogens is 2. The quantitative estimate of drug-likeness (QED) is 0.447. The first-order chi connectivity index (χ1) is 12.9. The van der Waals surface area contributed by atoms with Gasteiger partial charge in [0, 0.05) is 13.6 Å². The van der Waals surface area contributed by atoms with Crippen LogP contribution < -0.4 is 5.56 Å². The van der Waals surface area contributed by atoms with Gasteiger partial charge in [-0.2, -0.15) is 0 Å². The van der Waals surface area contributed by atoms with E-state index in [1.807, 2.05) is 25.1 Å². The monoisotopic (exact) mass is 411 g/mol. The van der Waals surface area contributed by atoms with Crippen molar-refractivity contribution < 1.29 is 4.79 Å². The third-order valence-corrected chi connectivity index (χ3v) is 5.17. The fourth-order valence-electron chi connectivity index (χ4n) is 3.33. The molecule has 0 saturated heterocycles. The zero-order valence-electron chi connectivity index (χ0n) is 16.1. The van der Waals surface area contributed by atoms with Crippen molar-refractivity contribution >= 4 is 40.0 Å². The van der Waals surface area contributed by atoms with E-state index in [0.717, 1.165) is 25.7 Å². The van der Waals surface area contributed by atoms with Crippen LogP contribution in [0.5, 0.6) is 0 Å².